The Morgan fingerprint density at radius 2 is 1.65 bits per heavy atom. The quantitative estimate of drug-likeness (QED) is 0.312. The number of anilines is 1. The van der Waals surface area contributed by atoms with E-state index in [2.05, 4.69) is 5.32 Å². The van der Waals surface area contributed by atoms with Gasteiger partial charge in [0.2, 0.25) is 5.91 Å². The van der Waals surface area contributed by atoms with Crippen molar-refractivity contribution in [1.82, 2.24) is 9.80 Å². The number of nitrogens with one attached hydrogen (secondary N) is 1. The summed E-state index contributed by atoms with van der Waals surface area (Å²) in [5, 5.41) is 2.55. The molecule has 2 aromatic carbocycles. The number of methoxy groups -OCH3 is 3. The second-order valence-corrected chi connectivity index (χ2v) is 8.75. The summed E-state index contributed by atoms with van der Waals surface area (Å²) in [5.41, 5.74) is 0.236. The number of carbonyl (C=O) groups excluding carboxylic acids is 2. The van der Waals surface area contributed by atoms with Crippen LogP contribution in [0.2, 0.25) is 0 Å². The van der Waals surface area contributed by atoms with E-state index >= 15 is 0 Å². The summed E-state index contributed by atoms with van der Waals surface area (Å²) in [5.74, 6) is 1.37. The van der Waals surface area contributed by atoms with E-state index in [-0.39, 0.29) is 37.8 Å². The second kappa shape index (κ2) is 14.3. The van der Waals surface area contributed by atoms with E-state index in [0.717, 1.165) is 29.8 Å². The van der Waals surface area contributed by atoms with Gasteiger partial charge < -0.3 is 33.7 Å². The van der Waals surface area contributed by atoms with E-state index < -0.39 is 17.8 Å². The van der Waals surface area contributed by atoms with Crippen molar-refractivity contribution in [3.05, 3.63) is 77.7 Å². The number of urea groups is 1. The Morgan fingerprint density at radius 1 is 0.925 bits per heavy atom. The molecule has 3 rings (SSSR count). The number of hydrogen-bond donors (Lipinski definition) is 1. The number of hydrogen-bond acceptors (Lipinski definition) is 6. The van der Waals surface area contributed by atoms with Crippen LogP contribution in [0.5, 0.6) is 11.5 Å². The van der Waals surface area contributed by atoms with Crippen LogP contribution in [0.4, 0.5) is 23.7 Å². The van der Waals surface area contributed by atoms with Crippen molar-refractivity contribution in [2.45, 2.75) is 19.1 Å². The maximum absolute atomic E-state index is 13.5. The number of ether oxygens (including phenoxy) is 3. The fraction of sp³-hybridized carbons (Fsp3) is 0.357. The van der Waals surface area contributed by atoms with Gasteiger partial charge in [0.25, 0.3) is 0 Å². The van der Waals surface area contributed by atoms with Gasteiger partial charge in [0.1, 0.15) is 12.3 Å². The van der Waals surface area contributed by atoms with E-state index in [1.807, 2.05) is 12.1 Å². The van der Waals surface area contributed by atoms with Crippen molar-refractivity contribution in [3.63, 3.8) is 0 Å². The summed E-state index contributed by atoms with van der Waals surface area (Å²) in [4.78, 5) is 29.3. The molecule has 0 saturated carbocycles. The monoisotopic (exact) mass is 563 g/mol. The summed E-state index contributed by atoms with van der Waals surface area (Å²) in [6, 6.07) is 12.4. The maximum Gasteiger partial charge on any atom is 0.416 e. The average molecular weight is 564 g/mol. The van der Waals surface area contributed by atoms with Crippen LogP contribution >= 0.6 is 0 Å². The zero-order valence-corrected chi connectivity index (χ0v) is 22.5. The minimum absolute atomic E-state index is 0.0823. The lowest BCUT2D eigenvalue weighted by atomic mass is 10.1. The Balaban J connectivity index is 1.73. The standard InChI is InChI=1S/C28H32F3N3O6/c1-37-16-14-34(27(36)32-22-9-7-21(8-10-22)28(29,30)31)19-26(35)33(18-23-5-4-15-40-23)13-12-20-6-11-24(38-2)25(17-20)39-3/h4-11,15,17H,12-14,16,18-19H2,1-3H3,(H,32,36). The molecule has 0 fully saturated rings. The third-order valence-corrected chi connectivity index (χ3v) is 6.04. The second-order valence-electron chi connectivity index (χ2n) is 8.75. The van der Waals surface area contributed by atoms with Crippen LogP contribution in [0.25, 0.3) is 0 Å². The van der Waals surface area contributed by atoms with E-state index in [1.165, 1.54) is 18.3 Å². The van der Waals surface area contributed by atoms with E-state index in [9.17, 15) is 22.8 Å². The first kappa shape index (κ1) is 30.4. The highest BCUT2D eigenvalue weighted by Crippen LogP contribution is 2.30. The summed E-state index contributed by atoms with van der Waals surface area (Å²) < 4.78 is 59.8. The molecule has 3 amide bonds. The lowest BCUT2D eigenvalue weighted by Gasteiger charge is -2.27. The average Bonchev–Trinajstić information content (AvgIpc) is 3.46. The minimum Gasteiger partial charge on any atom is -0.493 e. The molecule has 0 aliphatic rings. The minimum atomic E-state index is -4.49. The predicted octanol–water partition coefficient (Wildman–Crippen LogP) is 5.07. The first-order valence-electron chi connectivity index (χ1n) is 12.4. The van der Waals surface area contributed by atoms with Crippen molar-refractivity contribution in [3.8, 4) is 11.5 Å². The van der Waals surface area contributed by atoms with Crippen molar-refractivity contribution in [2.75, 3.05) is 52.9 Å². The van der Waals surface area contributed by atoms with Crippen molar-refractivity contribution < 1.29 is 41.4 Å². The van der Waals surface area contributed by atoms with E-state index in [1.54, 1.807) is 37.3 Å². The number of nitrogens with zero attached hydrogens (tertiary/aromatic N) is 2. The van der Waals surface area contributed by atoms with Gasteiger partial charge in [-0.2, -0.15) is 13.2 Å². The molecule has 0 aliphatic carbocycles. The predicted molar refractivity (Wildman–Crippen MR) is 141 cm³/mol. The highest BCUT2D eigenvalue weighted by Gasteiger charge is 2.30. The van der Waals surface area contributed by atoms with Gasteiger partial charge in [-0.3, -0.25) is 4.79 Å². The molecule has 0 spiro atoms. The lowest BCUT2D eigenvalue weighted by Crippen LogP contribution is -2.46. The molecule has 0 saturated heterocycles. The number of amides is 3. The zero-order chi connectivity index (χ0) is 29.1. The van der Waals surface area contributed by atoms with Crippen LogP contribution in [0.1, 0.15) is 16.9 Å². The maximum atomic E-state index is 13.5. The number of furan rings is 1. The van der Waals surface area contributed by atoms with Crippen LogP contribution in [0.15, 0.2) is 65.3 Å². The summed E-state index contributed by atoms with van der Waals surface area (Å²) in [6.07, 6.45) is -2.49. The van der Waals surface area contributed by atoms with Crippen LogP contribution in [0, 0.1) is 0 Å². The zero-order valence-electron chi connectivity index (χ0n) is 22.5. The number of rotatable bonds is 13. The Hall–Kier alpha value is -4.19. The molecule has 216 valence electrons. The number of alkyl halides is 3. The molecule has 3 aromatic rings. The van der Waals surface area contributed by atoms with Gasteiger partial charge in [-0.15, -0.1) is 0 Å². The summed E-state index contributed by atoms with van der Waals surface area (Å²) in [6.45, 7) is 0.435. The van der Waals surface area contributed by atoms with Crippen LogP contribution in [-0.2, 0) is 28.7 Å². The Bertz CT molecular complexity index is 1230. The fourth-order valence-corrected chi connectivity index (χ4v) is 3.85. The summed E-state index contributed by atoms with van der Waals surface area (Å²) in [7, 11) is 4.54. The van der Waals surface area contributed by atoms with Crippen LogP contribution < -0.4 is 14.8 Å². The molecule has 40 heavy (non-hydrogen) atoms. The van der Waals surface area contributed by atoms with Crippen molar-refractivity contribution in [1.29, 1.82) is 0 Å². The molecule has 0 unspecified atom stereocenters. The molecule has 1 heterocycles. The van der Waals surface area contributed by atoms with Gasteiger partial charge in [-0.05, 0) is 60.5 Å². The number of benzene rings is 2. The third-order valence-electron chi connectivity index (χ3n) is 6.04. The van der Waals surface area contributed by atoms with Crippen LogP contribution in [0.3, 0.4) is 0 Å². The molecule has 0 bridgehead atoms. The van der Waals surface area contributed by atoms with Gasteiger partial charge in [0.15, 0.2) is 11.5 Å². The SMILES string of the molecule is COCCN(CC(=O)N(CCc1ccc(OC)c(OC)c1)Cc1ccco1)C(=O)Nc1ccc(C(F)(F)F)cc1. The van der Waals surface area contributed by atoms with Gasteiger partial charge in [0, 0.05) is 25.9 Å². The van der Waals surface area contributed by atoms with Gasteiger partial charge >= 0.3 is 12.2 Å². The smallest absolute Gasteiger partial charge is 0.416 e. The summed E-state index contributed by atoms with van der Waals surface area (Å²) >= 11 is 0. The number of carbonyl (C=O) groups is 2. The molecule has 0 radical (unpaired) electrons. The van der Waals surface area contributed by atoms with E-state index in [0.29, 0.717) is 30.2 Å². The van der Waals surface area contributed by atoms with Gasteiger partial charge in [-0.1, -0.05) is 6.07 Å². The molecule has 12 heteroatoms. The lowest BCUT2D eigenvalue weighted by molar-refractivity contribution is -0.137. The first-order valence-corrected chi connectivity index (χ1v) is 12.4. The van der Waals surface area contributed by atoms with E-state index in [4.69, 9.17) is 18.6 Å². The fourth-order valence-electron chi connectivity index (χ4n) is 3.85. The molecule has 0 aliphatic heterocycles. The van der Waals surface area contributed by atoms with Gasteiger partial charge in [-0.25, -0.2) is 4.79 Å². The molecule has 9 nitrogen and oxygen atoms in total. The molecule has 1 aromatic heterocycles. The van der Waals surface area contributed by atoms with Crippen LogP contribution in [-0.4, -0.2) is 69.3 Å². The largest absolute Gasteiger partial charge is 0.493 e. The number of halogens is 3. The topological polar surface area (TPSA) is 93.5 Å². The van der Waals surface area contributed by atoms with Gasteiger partial charge in [0.05, 0.1) is 39.2 Å². The Kier molecular flexibility index (Phi) is 10.8. The Labute approximate surface area is 230 Å². The highest BCUT2D eigenvalue weighted by molar-refractivity contribution is 5.92. The van der Waals surface area contributed by atoms with Crippen molar-refractivity contribution in [2.24, 2.45) is 0 Å². The Morgan fingerprint density at radius 3 is 2.25 bits per heavy atom. The molecular weight excluding hydrogens is 531 g/mol. The van der Waals surface area contributed by atoms with Crippen molar-refractivity contribution >= 4 is 17.6 Å². The molecular formula is C28H32F3N3O6. The normalized spacial score (nSPS) is 11.2. The third kappa shape index (κ3) is 8.67. The first-order chi connectivity index (χ1) is 19.1. The molecule has 0 atom stereocenters. The highest BCUT2D eigenvalue weighted by atomic mass is 19.4. The molecule has 1 N–H and O–H groups in total.